The Morgan fingerprint density at radius 3 is 1.19 bits per heavy atom. The lowest BCUT2D eigenvalue weighted by Crippen LogP contribution is -2.39. The molecule has 4 aliphatic rings. The van der Waals surface area contributed by atoms with E-state index in [1.54, 1.807) is 6.92 Å². The number of carbonyl (C=O) groups excluding carboxylic acids is 1. The van der Waals surface area contributed by atoms with Crippen molar-refractivity contribution in [2.75, 3.05) is 0 Å². The van der Waals surface area contributed by atoms with Crippen molar-refractivity contribution < 1.29 is 49.3 Å². The van der Waals surface area contributed by atoms with Gasteiger partial charge in [0.15, 0.2) is 5.78 Å². The maximum atomic E-state index is 12.9. The molecule has 0 aliphatic carbocycles. The molecule has 7 unspecified atom stereocenters. The number of phenols is 4. The number of hydrogen-bond acceptors (Lipinski definition) is 10. The highest BCUT2D eigenvalue weighted by atomic mass is 16.5. The number of allylic oxidation sites excluding steroid dienone is 18. The van der Waals surface area contributed by atoms with E-state index in [1.165, 1.54) is 107 Å². The van der Waals surface area contributed by atoms with Crippen LogP contribution in [-0.4, -0.2) is 53.7 Å². The van der Waals surface area contributed by atoms with E-state index in [-0.39, 0.29) is 28.5 Å². The first-order valence-electron chi connectivity index (χ1n) is 48.8. The molecule has 0 radical (unpaired) electrons. The number of rotatable bonds is 39. The maximum Gasteiger partial charge on any atom is 0.170 e. The van der Waals surface area contributed by atoms with Gasteiger partial charge in [0.1, 0.15) is 68.4 Å². The van der Waals surface area contributed by atoms with Crippen LogP contribution in [0.4, 0.5) is 0 Å². The van der Waals surface area contributed by atoms with Crippen LogP contribution in [0.3, 0.4) is 0 Å². The van der Waals surface area contributed by atoms with E-state index in [1.807, 2.05) is 76.2 Å². The van der Waals surface area contributed by atoms with Crippen LogP contribution in [0.15, 0.2) is 111 Å². The Morgan fingerprint density at radius 2 is 0.738 bits per heavy atom. The van der Waals surface area contributed by atoms with Gasteiger partial charge in [-0.05, 0) is 409 Å². The van der Waals surface area contributed by atoms with Gasteiger partial charge < -0.3 is 44.5 Å². The summed E-state index contributed by atoms with van der Waals surface area (Å²) in [6, 6.07) is 0. The molecule has 4 aromatic rings. The average Bonchev–Trinajstić information content (AvgIpc) is 0.727. The van der Waals surface area contributed by atoms with E-state index in [0.717, 1.165) is 242 Å². The fourth-order valence-electron chi connectivity index (χ4n) is 18.3. The van der Waals surface area contributed by atoms with Crippen molar-refractivity contribution in [1.82, 2.24) is 0 Å². The summed E-state index contributed by atoms with van der Waals surface area (Å²) in [5, 5.41) is 52.3. The van der Waals surface area contributed by atoms with Gasteiger partial charge in [0.05, 0.1) is 18.1 Å². The van der Waals surface area contributed by atoms with Crippen LogP contribution in [0, 0.1) is 101 Å². The second-order valence-electron chi connectivity index (χ2n) is 41.5. The molecule has 10 nitrogen and oxygen atoms in total. The quantitative estimate of drug-likeness (QED) is 0.0273. The summed E-state index contributed by atoms with van der Waals surface area (Å²) >= 11 is 0. The molecular weight excluding hydrogens is 1550 g/mol. The molecule has 10 heteroatoms. The SMILES string of the molecule is CC(C)=CCC/C(C)=C/CC/C(C)=C/CCC1(C)C=Cc2c(C)c(O)c(C)c(C)c2O1.CC(C)=CCC/C(C)=C/CC/C(C)=C/CCC1(C)CC(=O)c2c(C)c(O)c(C)c(C)c2O1.CC(C)=CCC/C(C)=C/CC/C(C)=C/CCC1(C)CC(O)c2c(C)c(O)c(C)c(C)c2O1.Cc1c(C)c2c(c(C)c1O)CCC(C)(CCCC(C)CCCC(C)CCCC(C)C)O2. The number of Topliss-reactive ketones (excluding diaryl/α,β-unsaturated/α-hetero) is 1. The average molecular weight is 1730 g/mol. The highest BCUT2D eigenvalue weighted by molar-refractivity contribution is 6.03. The highest BCUT2D eigenvalue weighted by Crippen LogP contribution is 2.51. The Hall–Kier alpha value is -7.69. The number of phenolic OH excluding ortho intramolecular Hbond substituents is 4. The lowest BCUT2D eigenvalue weighted by molar-refractivity contribution is -0.00758. The van der Waals surface area contributed by atoms with Gasteiger partial charge in [-0.25, -0.2) is 0 Å². The number of benzene rings is 4. The largest absolute Gasteiger partial charge is 0.507 e. The van der Waals surface area contributed by atoms with Crippen LogP contribution in [0.5, 0.6) is 46.0 Å². The van der Waals surface area contributed by atoms with Gasteiger partial charge in [-0.2, -0.15) is 0 Å². The molecule has 4 aromatic carbocycles. The van der Waals surface area contributed by atoms with Crippen molar-refractivity contribution in [3.63, 3.8) is 0 Å². The Kier molecular flexibility index (Phi) is 44.1. The van der Waals surface area contributed by atoms with Gasteiger partial charge >= 0.3 is 0 Å². The third kappa shape index (κ3) is 33.7. The zero-order valence-electron chi connectivity index (χ0n) is 85.9. The van der Waals surface area contributed by atoms with Gasteiger partial charge in [-0.15, -0.1) is 0 Å². The Bertz CT molecular complexity index is 4610. The summed E-state index contributed by atoms with van der Waals surface area (Å²) in [6.07, 6.45) is 58.4. The Morgan fingerprint density at radius 1 is 0.381 bits per heavy atom. The van der Waals surface area contributed by atoms with Crippen molar-refractivity contribution in [2.45, 2.75) is 449 Å². The number of aromatic hydroxyl groups is 4. The summed E-state index contributed by atoms with van der Waals surface area (Å²) in [5.41, 5.74) is 25.8. The second kappa shape index (κ2) is 51.1. The van der Waals surface area contributed by atoms with Crippen LogP contribution in [0.1, 0.15) is 431 Å². The van der Waals surface area contributed by atoms with Crippen molar-refractivity contribution >= 4 is 11.9 Å². The zero-order chi connectivity index (χ0) is 94.5. The lowest BCUT2D eigenvalue weighted by atomic mass is 9.83. The molecule has 8 rings (SSSR count). The Labute approximate surface area is 769 Å². The van der Waals surface area contributed by atoms with Gasteiger partial charge in [0.25, 0.3) is 0 Å². The minimum Gasteiger partial charge on any atom is -0.507 e. The highest BCUT2D eigenvalue weighted by Gasteiger charge is 2.42. The minimum absolute atomic E-state index is 0.0686. The van der Waals surface area contributed by atoms with Crippen LogP contribution in [0.2, 0.25) is 0 Å². The number of carbonyl (C=O) groups is 1. The minimum atomic E-state index is -0.613. The molecule has 7 atom stereocenters. The first-order chi connectivity index (χ1) is 59.0. The maximum absolute atomic E-state index is 12.9. The van der Waals surface area contributed by atoms with Crippen molar-refractivity contribution in [2.24, 2.45) is 17.8 Å². The molecule has 0 aromatic heterocycles. The molecule has 0 saturated carbocycles. The number of ketones is 1. The summed E-state index contributed by atoms with van der Waals surface area (Å²) < 4.78 is 26.0. The Balaban J connectivity index is 0.000000298. The molecule has 4 aliphatic heterocycles. The third-order valence-corrected chi connectivity index (χ3v) is 27.8. The summed E-state index contributed by atoms with van der Waals surface area (Å²) in [5.74, 6) is 7.31. The topological polar surface area (TPSA) is 155 Å². The van der Waals surface area contributed by atoms with Crippen LogP contribution in [0.25, 0.3) is 6.08 Å². The number of ether oxygens (including phenoxy) is 4. The van der Waals surface area contributed by atoms with E-state index < -0.39 is 17.3 Å². The number of aliphatic hydroxyl groups is 1. The monoisotopic (exact) mass is 1730 g/mol. The van der Waals surface area contributed by atoms with E-state index in [9.17, 15) is 30.3 Å². The first kappa shape index (κ1) is 109. The fraction of sp³-hybridized carbons (Fsp3) is 0.612. The molecule has 126 heavy (non-hydrogen) atoms. The first-order valence-corrected chi connectivity index (χ1v) is 48.8. The van der Waals surface area contributed by atoms with Gasteiger partial charge in [0.2, 0.25) is 0 Å². The summed E-state index contributed by atoms with van der Waals surface area (Å²) in [6.45, 7) is 67.8. The molecule has 5 N–H and O–H groups in total. The van der Waals surface area contributed by atoms with Crippen LogP contribution >= 0.6 is 0 Å². The van der Waals surface area contributed by atoms with Crippen molar-refractivity contribution in [1.29, 1.82) is 0 Å². The lowest BCUT2D eigenvalue weighted by Gasteiger charge is -2.40. The molecule has 0 fully saturated rings. The van der Waals surface area contributed by atoms with Gasteiger partial charge in [-0.1, -0.05) is 184 Å². The molecule has 0 amide bonds. The molecule has 0 saturated heterocycles. The van der Waals surface area contributed by atoms with Gasteiger partial charge in [0, 0.05) is 39.8 Å². The van der Waals surface area contributed by atoms with E-state index >= 15 is 0 Å². The standard InChI is InChI=1S/C29H44O3.C29H42O3.C29H50O2.C29H42O2/c2*1-19(2)12-9-13-20(3)14-10-15-21(4)16-11-17-29(8)18-25(30)26-24(7)27(31)22(5)23(6)28(26)32-29;2*1-20(2)12-9-13-21(3)14-10-15-22(4)16-11-18-29(8)19-17-26-25(7)27(30)23(5)24(6)28(26)31-29/h12,14,16,25,30-31H,9-11,13,15,17-18H2,1-8H3;12,14,16,31H,9-11,13,15,17-18H2,1-8H3;20-22,30H,9-19H2,1-8H3;12,14,16-17,19,30H,9-11,13,15,18H2,1-8H3/b2*20-14+,21-16+;;21-14+,22-16+. The number of hydrogen-bond donors (Lipinski definition) is 5. The summed E-state index contributed by atoms with van der Waals surface area (Å²) in [4.78, 5) is 12.9. The molecular formula is C116H178O10. The number of fused-ring (bicyclic) bond motifs is 4. The normalized spacial score (nSPS) is 19.8. The van der Waals surface area contributed by atoms with E-state index in [0.29, 0.717) is 41.2 Å². The second-order valence-corrected chi connectivity index (χ2v) is 41.5. The predicted molar refractivity (Wildman–Crippen MR) is 540 cm³/mol. The summed E-state index contributed by atoms with van der Waals surface area (Å²) in [7, 11) is 0. The molecule has 4 heterocycles. The van der Waals surface area contributed by atoms with Crippen LogP contribution < -0.4 is 18.9 Å². The molecule has 0 bridgehead atoms. The zero-order valence-corrected chi connectivity index (χ0v) is 85.9. The third-order valence-electron chi connectivity index (χ3n) is 27.8. The van der Waals surface area contributed by atoms with Crippen LogP contribution in [-0.2, 0) is 6.42 Å². The predicted octanol–water partition coefficient (Wildman–Crippen LogP) is 33.9. The smallest absolute Gasteiger partial charge is 0.170 e. The number of aliphatic hydroxyl groups excluding tert-OH is 1. The van der Waals surface area contributed by atoms with Crippen molar-refractivity contribution in [3.05, 3.63) is 200 Å². The molecule has 0 spiro atoms. The van der Waals surface area contributed by atoms with E-state index in [2.05, 4.69) is 205 Å². The van der Waals surface area contributed by atoms with E-state index in [4.69, 9.17) is 18.9 Å². The fourth-order valence-corrected chi connectivity index (χ4v) is 18.3. The van der Waals surface area contributed by atoms with Crippen molar-refractivity contribution in [3.8, 4) is 46.0 Å². The molecule has 702 valence electrons. The van der Waals surface area contributed by atoms with Gasteiger partial charge in [-0.3, -0.25) is 4.79 Å².